The van der Waals surface area contributed by atoms with E-state index in [-0.39, 0.29) is 65.4 Å². The zero-order valence-electron chi connectivity index (χ0n) is 22.0. The standard InChI is InChI=1S/C25H46N2O6S.Na/c1-2-3-4-5-6-7-8-9-10-11-12-13-14-15-16-24(30)25-26-17-18-27(25,19-20-28)21-23(29)22-34(31,32)33;/h7-8,23,28-29H,2-6,9-22H2,1H3;/q;+1/b8-7+;. The van der Waals surface area contributed by atoms with E-state index in [2.05, 4.69) is 24.1 Å². The van der Waals surface area contributed by atoms with Gasteiger partial charge in [0, 0.05) is 6.42 Å². The van der Waals surface area contributed by atoms with Crippen molar-refractivity contribution < 1.29 is 62.0 Å². The molecule has 0 saturated heterocycles. The Labute approximate surface area is 234 Å². The normalized spacial score (nSPS) is 19.0. The average molecular weight is 526 g/mol. The first-order chi connectivity index (χ1) is 16.2. The minimum Gasteiger partial charge on any atom is -0.748 e. The van der Waals surface area contributed by atoms with Crippen LogP contribution < -0.4 is 29.6 Å². The maximum atomic E-state index is 12.8. The predicted molar refractivity (Wildman–Crippen MR) is 135 cm³/mol. The number of allylic oxidation sites excluding steroid dienone is 2. The molecular weight excluding hydrogens is 479 g/mol. The summed E-state index contributed by atoms with van der Waals surface area (Å²) in [6, 6.07) is 0. The summed E-state index contributed by atoms with van der Waals surface area (Å²) in [6.07, 6.45) is 17.4. The van der Waals surface area contributed by atoms with E-state index in [0.717, 1.165) is 32.1 Å². The number of hydrogen-bond acceptors (Lipinski definition) is 7. The Hall–Kier alpha value is -0.130. The van der Waals surface area contributed by atoms with Crippen molar-refractivity contribution in [2.45, 2.75) is 96.5 Å². The number of amidine groups is 1. The number of nitrogens with zero attached hydrogens (tertiary/aromatic N) is 2. The molecule has 0 aliphatic carbocycles. The van der Waals surface area contributed by atoms with Crippen LogP contribution in [0.15, 0.2) is 17.1 Å². The molecule has 1 heterocycles. The van der Waals surface area contributed by atoms with E-state index in [1.54, 1.807) is 0 Å². The van der Waals surface area contributed by atoms with E-state index in [9.17, 15) is 28.0 Å². The fourth-order valence-electron chi connectivity index (χ4n) is 4.62. The molecule has 2 atom stereocenters. The van der Waals surface area contributed by atoms with Gasteiger partial charge in [-0.05, 0) is 32.1 Å². The SMILES string of the molecule is CCCCCC/C=C/CCCCCCCCC(=O)C1=NCC[N+]1(CCO)CC(O)CS(=O)(=O)[O-].[Na+]. The quantitative estimate of drug-likeness (QED) is 0.0731. The first-order valence-corrected chi connectivity index (χ1v) is 14.6. The number of aliphatic hydroxyl groups excluding tert-OH is 2. The fraction of sp³-hybridized carbons (Fsp3) is 0.840. The van der Waals surface area contributed by atoms with Gasteiger partial charge in [0.1, 0.15) is 25.7 Å². The van der Waals surface area contributed by atoms with Crippen molar-refractivity contribution in [3.05, 3.63) is 12.2 Å². The van der Waals surface area contributed by atoms with Gasteiger partial charge in [0.05, 0.1) is 29.0 Å². The van der Waals surface area contributed by atoms with Crippen molar-refractivity contribution in [1.82, 2.24) is 0 Å². The van der Waals surface area contributed by atoms with Crippen molar-refractivity contribution in [3.63, 3.8) is 0 Å². The van der Waals surface area contributed by atoms with Gasteiger partial charge in [-0.1, -0.05) is 64.0 Å². The summed E-state index contributed by atoms with van der Waals surface area (Å²) in [5.41, 5.74) is 0. The number of unbranched alkanes of at least 4 members (excludes halogenated alkanes) is 10. The molecule has 1 aliphatic rings. The number of rotatable bonds is 21. The number of carbonyl (C=O) groups is 1. The molecule has 198 valence electrons. The minimum atomic E-state index is -4.58. The summed E-state index contributed by atoms with van der Waals surface area (Å²) in [6.45, 7) is 2.84. The number of carbonyl (C=O) groups excluding carboxylic acids is 1. The molecule has 0 amide bonds. The predicted octanol–water partition coefficient (Wildman–Crippen LogP) is 0.334. The molecule has 1 rings (SSSR count). The van der Waals surface area contributed by atoms with Crippen molar-refractivity contribution in [2.24, 2.45) is 4.99 Å². The number of aliphatic hydroxyl groups is 2. The van der Waals surface area contributed by atoms with E-state index in [1.807, 2.05) is 0 Å². The molecule has 1 aliphatic heterocycles. The molecule has 0 fully saturated rings. The van der Waals surface area contributed by atoms with Gasteiger partial charge in [-0.3, -0.25) is 9.28 Å². The Balaban J connectivity index is 0.0000116. The second kappa shape index (κ2) is 19.9. The second-order valence-corrected chi connectivity index (χ2v) is 10.9. The summed E-state index contributed by atoms with van der Waals surface area (Å²) in [5, 5.41) is 19.6. The number of quaternary nitrogens is 1. The van der Waals surface area contributed by atoms with Gasteiger partial charge in [0.25, 0.3) is 5.84 Å². The summed E-state index contributed by atoms with van der Waals surface area (Å²) in [7, 11) is -4.58. The molecular formula is C25H46N2NaO6S+. The van der Waals surface area contributed by atoms with Crippen LogP contribution in [-0.2, 0) is 14.9 Å². The van der Waals surface area contributed by atoms with Gasteiger partial charge in [0.15, 0.2) is 0 Å². The van der Waals surface area contributed by atoms with E-state index >= 15 is 0 Å². The number of ketones is 1. The molecule has 2 unspecified atom stereocenters. The third-order valence-electron chi connectivity index (χ3n) is 6.39. The smallest absolute Gasteiger partial charge is 0.748 e. The van der Waals surface area contributed by atoms with Gasteiger partial charge < -0.3 is 14.8 Å². The van der Waals surface area contributed by atoms with Crippen molar-refractivity contribution >= 4 is 21.7 Å². The monoisotopic (exact) mass is 525 g/mol. The third kappa shape index (κ3) is 15.7. The Morgan fingerprint density at radius 3 is 2.20 bits per heavy atom. The Morgan fingerprint density at radius 2 is 1.63 bits per heavy atom. The van der Waals surface area contributed by atoms with Crippen LogP contribution in [0.1, 0.15) is 90.4 Å². The molecule has 0 aromatic carbocycles. The first-order valence-electron chi connectivity index (χ1n) is 13.1. The molecule has 0 aromatic heterocycles. The molecule has 0 spiro atoms. The van der Waals surface area contributed by atoms with Crippen LogP contribution in [0.2, 0.25) is 0 Å². The van der Waals surface area contributed by atoms with Crippen LogP contribution in [0.4, 0.5) is 0 Å². The second-order valence-electron chi connectivity index (χ2n) is 9.49. The number of aliphatic imine (C=N–C) groups is 1. The van der Waals surface area contributed by atoms with E-state index in [0.29, 0.717) is 19.5 Å². The average Bonchev–Trinajstić information content (AvgIpc) is 3.15. The summed E-state index contributed by atoms with van der Waals surface area (Å²) in [4.78, 5) is 17.1. The summed E-state index contributed by atoms with van der Waals surface area (Å²) in [5.74, 6) is -0.737. The third-order valence-corrected chi connectivity index (χ3v) is 7.18. The molecule has 2 N–H and O–H groups in total. The van der Waals surface area contributed by atoms with E-state index in [4.69, 9.17) is 0 Å². The maximum absolute atomic E-state index is 12.8. The molecule has 0 bridgehead atoms. The molecule has 0 saturated carbocycles. The van der Waals surface area contributed by atoms with Crippen molar-refractivity contribution in [1.29, 1.82) is 0 Å². The van der Waals surface area contributed by atoms with Crippen molar-refractivity contribution in [2.75, 3.05) is 38.5 Å². The van der Waals surface area contributed by atoms with Crippen molar-refractivity contribution in [3.8, 4) is 0 Å². The Kier molecular flexibility index (Phi) is 19.8. The van der Waals surface area contributed by atoms with E-state index < -0.39 is 22.0 Å². The van der Waals surface area contributed by atoms with Crippen LogP contribution in [0.25, 0.3) is 0 Å². The molecule has 0 radical (unpaired) electrons. The van der Waals surface area contributed by atoms with Gasteiger partial charge >= 0.3 is 29.6 Å². The number of Topliss-reactive ketones (excluding diaryl/α,β-unsaturated/α-hetero) is 1. The van der Waals surface area contributed by atoms with Crippen LogP contribution in [0.3, 0.4) is 0 Å². The zero-order valence-corrected chi connectivity index (χ0v) is 24.8. The van der Waals surface area contributed by atoms with E-state index in [1.165, 1.54) is 44.9 Å². The van der Waals surface area contributed by atoms with Crippen LogP contribution in [0.5, 0.6) is 0 Å². The first kappa shape index (κ1) is 34.9. The van der Waals surface area contributed by atoms with Crippen LogP contribution in [-0.4, -0.2) is 83.9 Å². The molecule has 0 aromatic rings. The minimum absolute atomic E-state index is 0. The topological polar surface area (TPSA) is 127 Å². The van der Waals surface area contributed by atoms with Gasteiger partial charge in [0.2, 0.25) is 5.78 Å². The summed E-state index contributed by atoms with van der Waals surface area (Å²) < 4.78 is 32.9. The maximum Gasteiger partial charge on any atom is 1.00 e. The Bertz CT molecular complexity index is 744. The molecule has 10 heteroatoms. The largest absolute Gasteiger partial charge is 1.00 e. The fourth-order valence-corrected chi connectivity index (χ4v) is 5.19. The number of hydrogen-bond donors (Lipinski definition) is 2. The zero-order chi connectivity index (χ0) is 25.3. The molecule has 8 nitrogen and oxygen atoms in total. The van der Waals surface area contributed by atoms with Gasteiger partial charge in [-0.15, -0.1) is 0 Å². The summed E-state index contributed by atoms with van der Waals surface area (Å²) >= 11 is 0. The van der Waals surface area contributed by atoms with Crippen LogP contribution >= 0.6 is 0 Å². The van der Waals surface area contributed by atoms with Gasteiger partial charge in [-0.2, -0.15) is 0 Å². The molecule has 35 heavy (non-hydrogen) atoms. The van der Waals surface area contributed by atoms with Crippen LogP contribution in [0, 0.1) is 0 Å². The van der Waals surface area contributed by atoms with Gasteiger partial charge in [-0.25, -0.2) is 13.4 Å². The Morgan fingerprint density at radius 1 is 1.06 bits per heavy atom.